The summed E-state index contributed by atoms with van der Waals surface area (Å²) in [6, 6.07) is 8.34. The quantitative estimate of drug-likeness (QED) is 0.217. The maximum Gasteiger partial charge on any atom is 0.182 e. The molecule has 0 aliphatic carbocycles. The van der Waals surface area contributed by atoms with E-state index in [9.17, 15) is 0 Å². The minimum absolute atomic E-state index is 0.727. The second-order valence-electron chi connectivity index (χ2n) is 11.5. The highest BCUT2D eigenvalue weighted by Gasteiger charge is 2.24. The summed E-state index contributed by atoms with van der Waals surface area (Å²) in [5, 5.41) is 14.0. The molecule has 2 aromatic heterocycles. The Morgan fingerprint density at radius 2 is 1.62 bits per heavy atom. The van der Waals surface area contributed by atoms with E-state index in [1.54, 1.807) is 0 Å². The molecular formula is C34H47ClN4O. The zero-order chi connectivity index (χ0) is 28.8. The van der Waals surface area contributed by atoms with Gasteiger partial charge in [0.25, 0.3) is 0 Å². The van der Waals surface area contributed by atoms with Crippen molar-refractivity contribution in [1.82, 2.24) is 20.2 Å². The van der Waals surface area contributed by atoms with Gasteiger partial charge in [0.05, 0.1) is 5.69 Å². The van der Waals surface area contributed by atoms with Crippen molar-refractivity contribution in [2.24, 2.45) is 5.92 Å². The Balaban J connectivity index is 0.000000470. The van der Waals surface area contributed by atoms with E-state index in [4.69, 9.17) is 21.4 Å². The topological polar surface area (TPSA) is 54.0 Å². The number of halogens is 1. The second kappa shape index (κ2) is 13.8. The molecule has 1 saturated heterocycles. The molecule has 0 amide bonds. The molecule has 1 fully saturated rings. The van der Waals surface area contributed by atoms with E-state index >= 15 is 0 Å². The SMILES string of the molecule is CCCCCCC.CCc1c(ON2CCC(C)CC2)cc(C)c2c(-c3ccc(C)c(Cl)c3)nc3n[nH]c(C)c3c12. The number of aromatic nitrogens is 3. The highest BCUT2D eigenvalue weighted by Crippen LogP contribution is 2.42. The fourth-order valence-electron chi connectivity index (χ4n) is 5.64. The molecule has 0 spiro atoms. The van der Waals surface area contributed by atoms with Gasteiger partial charge in [-0.15, -0.1) is 5.06 Å². The van der Waals surface area contributed by atoms with Gasteiger partial charge in [-0.3, -0.25) is 5.10 Å². The maximum atomic E-state index is 6.52. The van der Waals surface area contributed by atoms with Crippen LogP contribution in [0.3, 0.4) is 0 Å². The van der Waals surface area contributed by atoms with Crippen LogP contribution in [0, 0.1) is 26.7 Å². The molecule has 0 bridgehead atoms. The predicted molar refractivity (Wildman–Crippen MR) is 170 cm³/mol. The first kappa shape index (κ1) is 30.3. The van der Waals surface area contributed by atoms with Gasteiger partial charge in [0, 0.05) is 51.1 Å². The van der Waals surface area contributed by atoms with Crippen LogP contribution in [-0.2, 0) is 6.42 Å². The molecule has 1 aliphatic rings. The van der Waals surface area contributed by atoms with E-state index in [1.807, 2.05) is 13.0 Å². The lowest BCUT2D eigenvalue weighted by atomic mass is 9.92. The van der Waals surface area contributed by atoms with Crippen molar-refractivity contribution >= 4 is 33.4 Å². The molecule has 216 valence electrons. The second-order valence-corrected chi connectivity index (χ2v) is 11.9. The van der Waals surface area contributed by atoms with E-state index in [0.717, 1.165) is 80.7 Å². The number of aromatic amines is 1. The smallest absolute Gasteiger partial charge is 0.182 e. The summed E-state index contributed by atoms with van der Waals surface area (Å²) in [4.78, 5) is 11.5. The highest BCUT2D eigenvalue weighted by molar-refractivity contribution is 6.31. The fraction of sp³-hybridized carbons (Fsp3) is 0.529. The van der Waals surface area contributed by atoms with Gasteiger partial charge in [-0.2, -0.15) is 5.10 Å². The lowest BCUT2D eigenvalue weighted by Crippen LogP contribution is -2.35. The van der Waals surface area contributed by atoms with Gasteiger partial charge in [-0.1, -0.05) is 83.5 Å². The van der Waals surface area contributed by atoms with Crippen molar-refractivity contribution in [2.75, 3.05) is 13.1 Å². The van der Waals surface area contributed by atoms with Crippen LogP contribution in [0.5, 0.6) is 5.75 Å². The first-order valence-corrected chi connectivity index (χ1v) is 15.7. The number of rotatable bonds is 8. The van der Waals surface area contributed by atoms with Crippen molar-refractivity contribution in [3.63, 3.8) is 0 Å². The molecule has 4 aromatic rings. The molecule has 1 aliphatic heterocycles. The van der Waals surface area contributed by atoms with Gasteiger partial charge in [0.2, 0.25) is 0 Å². The molecule has 5 nitrogen and oxygen atoms in total. The summed E-state index contributed by atoms with van der Waals surface area (Å²) < 4.78 is 0. The van der Waals surface area contributed by atoms with Crippen LogP contribution in [0.1, 0.15) is 95.0 Å². The first-order chi connectivity index (χ1) is 19.3. The van der Waals surface area contributed by atoms with E-state index in [0.29, 0.717) is 0 Å². The van der Waals surface area contributed by atoms with E-state index in [-0.39, 0.29) is 0 Å². The third-order valence-electron chi connectivity index (χ3n) is 8.20. The molecule has 3 heterocycles. The summed E-state index contributed by atoms with van der Waals surface area (Å²) in [7, 11) is 0. The number of pyridine rings is 1. The van der Waals surface area contributed by atoms with Crippen LogP contribution in [0.4, 0.5) is 0 Å². The van der Waals surface area contributed by atoms with Crippen molar-refractivity contribution in [3.8, 4) is 17.0 Å². The van der Waals surface area contributed by atoms with Crippen LogP contribution in [0.15, 0.2) is 24.3 Å². The lowest BCUT2D eigenvalue weighted by Gasteiger charge is -2.30. The standard InChI is InChI=1S/C27H31ClN4O.C7H16/c1-6-20-22(33-32-11-9-15(2)10-12-32)13-17(4)23-25(20)24-18(5)30-31-27(24)29-26(23)19-8-7-16(3)21(28)14-19;1-3-5-7-6-4-2/h7-8,13-15H,6,9-12H2,1-5H3,(H,29,30,31);3-7H2,1-2H3. The molecule has 0 saturated carbocycles. The highest BCUT2D eigenvalue weighted by atomic mass is 35.5. The number of hydrogen-bond acceptors (Lipinski definition) is 4. The molecule has 2 aromatic carbocycles. The van der Waals surface area contributed by atoms with Crippen molar-refractivity contribution < 1.29 is 4.84 Å². The molecule has 40 heavy (non-hydrogen) atoms. The molecule has 5 rings (SSSR count). The Morgan fingerprint density at radius 1 is 0.925 bits per heavy atom. The van der Waals surface area contributed by atoms with Crippen LogP contribution >= 0.6 is 11.6 Å². The number of hydroxylamine groups is 2. The maximum absolute atomic E-state index is 6.52. The summed E-state index contributed by atoms with van der Waals surface area (Å²) in [6.45, 7) is 17.2. The van der Waals surface area contributed by atoms with Gasteiger partial charge in [0.15, 0.2) is 11.4 Å². The monoisotopic (exact) mass is 562 g/mol. The summed E-state index contributed by atoms with van der Waals surface area (Å²) >= 11 is 6.50. The first-order valence-electron chi connectivity index (χ1n) is 15.3. The number of hydrogen-bond donors (Lipinski definition) is 1. The van der Waals surface area contributed by atoms with Gasteiger partial charge in [-0.05, 0) is 69.2 Å². The number of unbranched alkanes of at least 4 members (excludes halogenated alkanes) is 4. The number of nitrogens with one attached hydrogen (secondary N) is 1. The van der Waals surface area contributed by atoms with Crippen molar-refractivity contribution in [1.29, 1.82) is 0 Å². The van der Waals surface area contributed by atoms with Gasteiger partial charge in [-0.25, -0.2) is 4.98 Å². The van der Waals surface area contributed by atoms with E-state index < -0.39 is 0 Å². The Bertz CT molecular complexity index is 1430. The average molecular weight is 563 g/mol. The van der Waals surface area contributed by atoms with Crippen molar-refractivity contribution in [3.05, 3.63) is 51.7 Å². The van der Waals surface area contributed by atoms with Crippen LogP contribution in [-0.4, -0.2) is 33.3 Å². The Labute approximate surface area is 245 Å². The largest absolute Gasteiger partial charge is 0.406 e. The lowest BCUT2D eigenvalue weighted by molar-refractivity contribution is -0.0807. The third kappa shape index (κ3) is 6.63. The van der Waals surface area contributed by atoms with Gasteiger partial charge in [0.1, 0.15) is 0 Å². The summed E-state index contributed by atoms with van der Waals surface area (Å²) in [5.74, 6) is 1.70. The average Bonchev–Trinajstić information content (AvgIpc) is 3.32. The number of piperidine rings is 1. The van der Waals surface area contributed by atoms with E-state index in [2.05, 4.69) is 75.0 Å². The zero-order valence-corrected chi connectivity index (χ0v) is 26.3. The van der Waals surface area contributed by atoms with Crippen LogP contribution in [0.2, 0.25) is 5.02 Å². The Morgan fingerprint density at radius 3 is 2.25 bits per heavy atom. The molecule has 1 N–H and O–H groups in total. The van der Waals surface area contributed by atoms with Crippen LogP contribution < -0.4 is 4.84 Å². The third-order valence-corrected chi connectivity index (χ3v) is 8.61. The van der Waals surface area contributed by atoms with Gasteiger partial charge >= 0.3 is 0 Å². The molecule has 0 unspecified atom stereocenters. The van der Waals surface area contributed by atoms with Crippen LogP contribution in [0.25, 0.3) is 33.1 Å². The molecule has 0 atom stereocenters. The van der Waals surface area contributed by atoms with Crippen molar-refractivity contribution in [2.45, 2.75) is 99.8 Å². The number of nitrogens with zero attached hydrogens (tertiary/aromatic N) is 3. The molecule has 6 heteroatoms. The number of fused-ring (bicyclic) bond motifs is 3. The predicted octanol–water partition coefficient (Wildman–Crippen LogP) is 9.92. The normalized spacial score (nSPS) is 14.5. The minimum Gasteiger partial charge on any atom is -0.406 e. The summed E-state index contributed by atoms with van der Waals surface area (Å²) in [6.07, 6.45) is 10.2. The zero-order valence-electron chi connectivity index (χ0n) is 25.6. The number of aryl methyl sites for hydroxylation is 4. The molecular weight excluding hydrogens is 516 g/mol. The van der Waals surface area contributed by atoms with E-state index in [1.165, 1.54) is 55.9 Å². The molecule has 0 radical (unpaired) electrons. The Kier molecular flexibility index (Phi) is 10.5. The number of benzene rings is 2. The van der Waals surface area contributed by atoms with Gasteiger partial charge < -0.3 is 4.84 Å². The Hall–Kier alpha value is -2.63. The minimum atomic E-state index is 0.727. The fourth-order valence-corrected chi connectivity index (χ4v) is 5.82. The summed E-state index contributed by atoms with van der Waals surface area (Å²) in [5.41, 5.74) is 7.06. The number of H-pyrrole nitrogens is 1.